The third-order valence-electron chi connectivity index (χ3n) is 4.52. The van der Waals surface area contributed by atoms with Crippen LogP contribution in [0.5, 0.6) is 0 Å². The van der Waals surface area contributed by atoms with Crippen molar-refractivity contribution in [3.05, 3.63) is 53.9 Å². The van der Waals surface area contributed by atoms with Crippen molar-refractivity contribution in [2.45, 2.75) is 25.3 Å². The molecule has 4 rings (SSSR count). The molecule has 26 heavy (non-hydrogen) atoms. The second kappa shape index (κ2) is 6.55. The number of carbonyl (C=O) groups is 3. The van der Waals surface area contributed by atoms with Gasteiger partial charge in [0.05, 0.1) is 11.1 Å². The van der Waals surface area contributed by atoms with Gasteiger partial charge in [-0.1, -0.05) is 17.2 Å². The van der Waals surface area contributed by atoms with Gasteiger partial charge in [-0.15, -0.1) is 0 Å². The number of fused-ring (bicyclic) bond motifs is 1. The van der Waals surface area contributed by atoms with Crippen molar-refractivity contribution in [2.24, 2.45) is 0 Å². The van der Waals surface area contributed by atoms with Gasteiger partial charge in [-0.05, 0) is 37.5 Å². The first-order chi connectivity index (χ1) is 12.7. The van der Waals surface area contributed by atoms with Gasteiger partial charge in [0.25, 0.3) is 11.8 Å². The molecule has 1 saturated heterocycles. The lowest BCUT2D eigenvalue weighted by Gasteiger charge is -2.34. The maximum atomic E-state index is 12.7. The van der Waals surface area contributed by atoms with Crippen molar-refractivity contribution in [1.82, 2.24) is 15.0 Å². The maximum absolute atomic E-state index is 12.7. The summed E-state index contributed by atoms with van der Waals surface area (Å²) in [6.07, 6.45) is 5.48. The Balaban J connectivity index is 1.54. The molecule has 0 aliphatic carbocycles. The summed E-state index contributed by atoms with van der Waals surface area (Å²) in [5.41, 5.74) is 0.467. The summed E-state index contributed by atoms with van der Waals surface area (Å²) in [5.74, 6) is -1.49. The molecular formula is C18H16N4O4. The van der Waals surface area contributed by atoms with E-state index in [0.29, 0.717) is 24.0 Å². The van der Waals surface area contributed by atoms with Crippen LogP contribution in [-0.4, -0.2) is 45.4 Å². The summed E-state index contributed by atoms with van der Waals surface area (Å²) < 4.78 is 0. The maximum Gasteiger partial charge on any atom is 0.355 e. The van der Waals surface area contributed by atoms with E-state index in [4.69, 9.17) is 4.84 Å². The Kier molecular flexibility index (Phi) is 4.08. The molecule has 2 aromatic rings. The van der Waals surface area contributed by atoms with Crippen LogP contribution in [0.2, 0.25) is 0 Å². The molecule has 0 N–H and O–H groups in total. The Bertz CT molecular complexity index is 836. The molecule has 2 aliphatic rings. The molecule has 1 unspecified atom stereocenters. The van der Waals surface area contributed by atoms with Gasteiger partial charge in [-0.2, -0.15) is 0 Å². The molecule has 0 radical (unpaired) electrons. The van der Waals surface area contributed by atoms with Crippen molar-refractivity contribution in [1.29, 1.82) is 0 Å². The first-order valence-electron chi connectivity index (χ1n) is 8.40. The summed E-state index contributed by atoms with van der Waals surface area (Å²) in [7, 11) is 0. The highest BCUT2D eigenvalue weighted by atomic mass is 16.7. The monoisotopic (exact) mass is 352 g/mol. The van der Waals surface area contributed by atoms with E-state index in [1.165, 1.54) is 12.1 Å². The zero-order valence-corrected chi connectivity index (χ0v) is 13.9. The topological polar surface area (TPSA) is 92.7 Å². The molecule has 1 fully saturated rings. The number of piperidine rings is 1. The number of carbonyl (C=O) groups excluding carboxylic acids is 3. The number of amides is 2. The van der Waals surface area contributed by atoms with Gasteiger partial charge in [0.1, 0.15) is 6.04 Å². The zero-order valence-electron chi connectivity index (χ0n) is 13.9. The van der Waals surface area contributed by atoms with Crippen LogP contribution in [0.3, 0.4) is 0 Å². The molecule has 8 nitrogen and oxygen atoms in total. The lowest BCUT2D eigenvalue weighted by Crippen LogP contribution is -2.48. The summed E-state index contributed by atoms with van der Waals surface area (Å²) in [4.78, 5) is 52.8. The van der Waals surface area contributed by atoms with Crippen LogP contribution in [0.1, 0.15) is 40.0 Å². The summed E-state index contributed by atoms with van der Waals surface area (Å²) in [5, 5.41) is 0.547. The van der Waals surface area contributed by atoms with Crippen LogP contribution in [0.25, 0.3) is 0 Å². The second-order valence-corrected chi connectivity index (χ2v) is 6.11. The first kappa shape index (κ1) is 16.2. The highest BCUT2D eigenvalue weighted by Crippen LogP contribution is 2.26. The van der Waals surface area contributed by atoms with E-state index >= 15 is 0 Å². The van der Waals surface area contributed by atoms with E-state index in [1.807, 2.05) is 0 Å². The molecule has 2 aliphatic heterocycles. The minimum atomic E-state index is -0.661. The largest absolute Gasteiger partial charge is 0.355 e. The molecule has 8 heteroatoms. The number of imide groups is 1. The fraction of sp³-hybridized carbons (Fsp3) is 0.278. The quantitative estimate of drug-likeness (QED) is 0.775. The summed E-state index contributed by atoms with van der Waals surface area (Å²) >= 11 is 0. The predicted octanol–water partition coefficient (Wildman–Crippen LogP) is 1.59. The Morgan fingerprint density at radius 2 is 1.65 bits per heavy atom. The molecule has 3 heterocycles. The minimum absolute atomic E-state index is 0.234. The number of rotatable bonds is 3. The Hall–Kier alpha value is -3.29. The van der Waals surface area contributed by atoms with Crippen LogP contribution < -0.4 is 4.90 Å². The molecule has 0 spiro atoms. The van der Waals surface area contributed by atoms with E-state index in [-0.39, 0.29) is 11.1 Å². The van der Waals surface area contributed by atoms with E-state index < -0.39 is 23.8 Å². The normalized spacial score (nSPS) is 19.5. The lowest BCUT2D eigenvalue weighted by molar-refractivity contribution is -0.170. The van der Waals surface area contributed by atoms with Gasteiger partial charge >= 0.3 is 5.97 Å². The van der Waals surface area contributed by atoms with Gasteiger partial charge in [-0.25, -0.2) is 14.8 Å². The molecule has 132 valence electrons. The minimum Gasteiger partial charge on any atom is -0.327 e. The fourth-order valence-electron chi connectivity index (χ4n) is 3.26. The molecule has 1 atom stereocenters. The number of anilines is 1. The first-order valence-corrected chi connectivity index (χ1v) is 8.40. The van der Waals surface area contributed by atoms with Gasteiger partial charge in [0, 0.05) is 18.9 Å². The van der Waals surface area contributed by atoms with Crippen LogP contribution in [0.4, 0.5) is 5.95 Å². The van der Waals surface area contributed by atoms with Gasteiger partial charge in [0.2, 0.25) is 5.95 Å². The summed E-state index contributed by atoms with van der Waals surface area (Å²) in [6.45, 7) is 0.603. The number of nitrogens with zero attached hydrogens (tertiary/aromatic N) is 4. The standard InChI is InChI=1S/C18H16N4O4/c23-15-12-6-1-2-7-13(12)16(24)22(15)26-17(25)14-8-3-4-11-21(14)18-19-9-5-10-20-18/h1-2,5-7,9-10,14H,3-4,8,11H2. The van der Waals surface area contributed by atoms with E-state index in [1.54, 1.807) is 35.5 Å². The molecule has 1 aromatic carbocycles. The highest BCUT2D eigenvalue weighted by Gasteiger charge is 2.41. The third kappa shape index (κ3) is 2.69. The van der Waals surface area contributed by atoms with Crippen LogP contribution >= 0.6 is 0 Å². The highest BCUT2D eigenvalue weighted by molar-refractivity contribution is 6.20. The van der Waals surface area contributed by atoms with Gasteiger partial charge in [-0.3, -0.25) is 9.59 Å². The van der Waals surface area contributed by atoms with Gasteiger partial charge < -0.3 is 9.74 Å². The zero-order chi connectivity index (χ0) is 18.1. The van der Waals surface area contributed by atoms with Crippen LogP contribution in [-0.2, 0) is 9.63 Å². The molecule has 2 amide bonds. The molecule has 1 aromatic heterocycles. The van der Waals surface area contributed by atoms with Crippen molar-refractivity contribution in [3.8, 4) is 0 Å². The Labute approximate surface area is 149 Å². The summed E-state index contributed by atoms with van der Waals surface area (Å²) in [6, 6.07) is 7.44. The lowest BCUT2D eigenvalue weighted by atomic mass is 10.0. The predicted molar refractivity (Wildman–Crippen MR) is 90.1 cm³/mol. The molecule has 0 saturated carbocycles. The SMILES string of the molecule is O=C(ON1C(=O)c2ccccc2C1=O)C1CCCCN1c1ncccn1. The van der Waals surface area contributed by atoms with E-state index in [9.17, 15) is 14.4 Å². The number of benzene rings is 1. The van der Waals surface area contributed by atoms with E-state index in [0.717, 1.165) is 12.8 Å². The van der Waals surface area contributed by atoms with E-state index in [2.05, 4.69) is 9.97 Å². The third-order valence-corrected chi connectivity index (χ3v) is 4.52. The number of aromatic nitrogens is 2. The van der Waals surface area contributed by atoms with Crippen LogP contribution in [0, 0.1) is 0 Å². The Morgan fingerprint density at radius 1 is 1.00 bits per heavy atom. The second-order valence-electron chi connectivity index (χ2n) is 6.11. The van der Waals surface area contributed by atoms with Crippen molar-refractivity contribution >= 4 is 23.7 Å². The molecule has 0 bridgehead atoms. The Morgan fingerprint density at radius 3 is 2.31 bits per heavy atom. The molecular weight excluding hydrogens is 336 g/mol. The van der Waals surface area contributed by atoms with Crippen molar-refractivity contribution in [2.75, 3.05) is 11.4 Å². The van der Waals surface area contributed by atoms with Gasteiger partial charge in [0.15, 0.2) is 0 Å². The van der Waals surface area contributed by atoms with Crippen LogP contribution in [0.15, 0.2) is 42.7 Å². The average Bonchev–Trinajstić information content (AvgIpc) is 2.94. The van der Waals surface area contributed by atoms with Crippen molar-refractivity contribution in [3.63, 3.8) is 0 Å². The number of hydrogen-bond donors (Lipinski definition) is 0. The number of hydroxylamine groups is 2. The fourth-order valence-corrected chi connectivity index (χ4v) is 3.26. The average molecular weight is 352 g/mol. The number of hydrogen-bond acceptors (Lipinski definition) is 7. The van der Waals surface area contributed by atoms with Crippen molar-refractivity contribution < 1.29 is 19.2 Å². The smallest absolute Gasteiger partial charge is 0.327 e.